The lowest BCUT2D eigenvalue weighted by atomic mass is 9.84. The number of carbonyl (C=O) groups is 3. The van der Waals surface area contributed by atoms with E-state index in [1.54, 1.807) is 38.4 Å². The highest BCUT2D eigenvalue weighted by atomic mass is 16.5. The molecule has 0 radical (unpaired) electrons. The molecule has 2 fully saturated rings. The normalized spacial score (nSPS) is 20.4. The summed E-state index contributed by atoms with van der Waals surface area (Å²) in [6, 6.07) is 9.20. The number of amides is 3. The highest BCUT2D eigenvalue weighted by Crippen LogP contribution is 2.34. The number of fused-ring (bicyclic) bond motifs is 1. The van der Waals surface area contributed by atoms with Crippen LogP contribution in [0.2, 0.25) is 0 Å². The SMILES string of the molecule is CN(C)C(=O)CCC(=O)Nc1ccc(C(=O)NC2CCC(CCN3CCN(c4nccc5c4OCC5)CC3)CC2)cc1. The number of nitrogens with one attached hydrogen (secondary N) is 2. The van der Waals surface area contributed by atoms with E-state index in [2.05, 4.69) is 31.5 Å². The predicted octanol–water partition coefficient (Wildman–Crippen LogP) is 3.32. The summed E-state index contributed by atoms with van der Waals surface area (Å²) in [4.78, 5) is 47.6. The lowest BCUT2D eigenvalue weighted by molar-refractivity contribution is -0.130. The van der Waals surface area contributed by atoms with Gasteiger partial charge in [0.15, 0.2) is 11.6 Å². The maximum absolute atomic E-state index is 12.8. The minimum absolute atomic E-state index is 0.0743. The van der Waals surface area contributed by atoms with Crippen molar-refractivity contribution in [3.05, 3.63) is 47.7 Å². The first-order valence-electron chi connectivity index (χ1n) is 15.3. The number of hydrogen-bond donors (Lipinski definition) is 2. The lowest BCUT2D eigenvalue weighted by Crippen LogP contribution is -2.47. The second-order valence-electron chi connectivity index (χ2n) is 11.9. The Morgan fingerprint density at radius 3 is 2.43 bits per heavy atom. The van der Waals surface area contributed by atoms with E-state index in [0.29, 0.717) is 17.2 Å². The zero-order chi connectivity index (χ0) is 29.5. The highest BCUT2D eigenvalue weighted by molar-refractivity contribution is 5.96. The Balaban J connectivity index is 0.976. The van der Waals surface area contributed by atoms with E-state index in [1.807, 2.05) is 6.20 Å². The van der Waals surface area contributed by atoms with Gasteiger partial charge in [-0.1, -0.05) is 0 Å². The number of nitrogens with zero attached hydrogens (tertiary/aromatic N) is 4. The Kier molecular flexibility index (Phi) is 9.94. The zero-order valence-electron chi connectivity index (χ0n) is 24.9. The van der Waals surface area contributed by atoms with Crippen LogP contribution >= 0.6 is 0 Å². The molecule has 0 atom stereocenters. The van der Waals surface area contributed by atoms with Gasteiger partial charge in [-0.15, -0.1) is 0 Å². The number of piperazine rings is 1. The first-order chi connectivity index (χ1) is 20.4. The van der Waals surface area contributed by atoms with Crippen LogP contribution in [0.3, 0.4) is 0 Å². The van der Waals surface area contributed by atoms with Crippen LogP contribution in [0.1, 0.15) is 60.9 Å². The number of aromatic nitrogens is 1. The molecule has 10 heteroatoms. The molecule has 5 rings (SSSR count). The van der Waals surface area contributed by atoms with Gasteiger partial charge in [-0.2, -0.15) is 0 Å². The third kappa shape index (κ3) is 7.79. The molecule has 3 heterocycles. The number of rotatable bonds is 10. The summed E-state index contributed by atoms with van der Waals surface area (Å²) in [7, 11) is 3.34. The molecule has 2 aromatic rings. The van der Waals surface area contributed by atoms with Crippen molar-refractivity contribution in [3.8, 4) is 5.75 Å². The maximum Gasteiger partial charge on any atom is 0.251 e. The molecule has 3 amide bonds. The third-order valence-corrected chi connectivity index (χ3v) is 8.79. The van der Waals surface area contributed by atoms with Gasteiger partial charge in [-0.25, -0.2) is 4.98 Å². The molecule has 2 N–H and O–H groups in total. The van der Waals surface area contributed by atoms with E-state index in [-0.39, 0.29) is 36.6 Å². The van der Waals surface area contributed by atoms with Crippen molar-refractivity contribution in [2.75, 3.05) is 63.6 Å². The van der Waals surface area contributed by atoms with Gasteiger partial charge in [-0.3, -0.25) is 19.3 Å². The standard InChI is InChI=1S/C32H44N6O4/c1-36(2)29(40)12-11-28(39)34-26-9-5-25(6-10-26)32(41)35-27-7-3-23(4-8-27)14-17-37-18-20-38(21-19-37)31-30-24(13-16-33-31)15-22-42-30/h5-6,9-10,13,16,23,27H,3-4,7-8,11-12,14-15,17-22H2,1-2H3,(H,34,39)(H,35,41). The average molecular weight is 577 g/mol. The first-order valence-corrected chi connectivity index (χ1v) is 15.3. The van der Waals surface area contributed by atoms with E-state index in [1.165, 1.54) is 16.9 Å². The molecule has 1 aromatic heterocycles. The number of anilines is 2. The van der Waals surface area contributed by atoms with Gasteiger partial charge in [0.1, 0.15) is 0 Å². The molecular formula is C32H44N6O4. The van der Waals surface area contributed by atoms with Crippen LogP contribution < -0.4 is 20.3 Å². The Morgan fingerprint density at radius 2 is 1.71 bits per heavy atom. The fourth-order valence-electron chi connectivity index (χ4n) is 6.10. The maximum atomic E-state index is 12.8. The van der Waals surface area contributed by atoms with E-state index >= 15 is 0 Å². The van der Waals surface area contributed by atoms with Crippen LogP contribution in [0.15, 0.2) is 36.5 Å². The summed E-state index contributed by atoms with van der Waals surface area (Å²) in [5, 5.41) is 5.99. The zero-order valence-corrected chi connectivity index (χ0v) is 24.9. The van der Waals surface area contributed by atoms with Gasteiger partial charge < -0.3 is 25.2 Å². The minimum atomic E-state index is -0.219. The van der Waals surface area contributed by atoms with Crippen molar-refractivity contribution >= 4 is 29.2 Å². The molecule has 0 spiro atoms. The fourth-order valence-corrected chi connectivity index (χ4v) is 6.10. The summed E-state index contributed by atoms with van der Waals surface area (Å²) < 4.78 is 5.86. The molecule has 0 unspecified atom stereocenters. The van der Waals surface area contributed by atoms with Gasteiger partial charge in [0.05, 0.1) is 6.61 Å². The van der Waals surface area contributed by atoms with Crippen LogP contribution in [-0.4, -0.2) is 92.0 Å². The molecule has 2 aliphatic heterocycles. The number of benzene rings is 1. The van der Waals surface area contributed by atoms with E-state index in [4.69, 9.17) is 4.74 Å². The average Bonchev–Trinajstić information content (AvgIpc) is 3.49. The van der Waals surface area contributed by atoms with E-state index in [9.17, 15) is 14.4 Å². The number of pyridine rings is 1. The molecule has 42 heavy (non-hydrogen) atoms. The second kappa shape index (κ2) is 14.0. The molecule has 226 valence electrons. The van der Waals surface area contributed by atoms with E-state index < -0.39 is 0 Å². The number of ether oxygens (including phenoxy) is 1. The van der Waals surface area contributed by atoms with Crippen LogP contribution in [0.5, 0.6) is 5.75 Å². The largest absolute Gasteiger partial charge is 0.489 e. The quantitative estimate of drug-likeness (QED) is 0.447. The minimum Gasteiger partial charge on any atom is -0.489 e. The van der Waals surface area contributed by atoms with Crippen LogP contribution in [-0.2, 0) is 16.0 Å². The molecule has 0 bridgehead atoms. The summed E-state index contributed by atoms with van der Waals surface area (Å²) >= 11 is 0. The summed E-state index contributed by atoms with van der Waals surface area (Å²) in [6.07, 6.45) is 8.70. The topological polar surface area (TPSA) is 107 Å². The van der Waals surface area contributed by atoms with Gasteiger partial charge >= 0.3 is 0 Å². The molecule has 3 aliphatic rings. The van der Waals surface area contributed by atoms with Crippen molar-refractivity contribution in [2.24, 2.45) is 5.92 Å². The Hall–Kier alpha value is -3.66. The van der Waals surface area contributed by atoms with Crippen LogP contribution in [0, 0.1) is 5.92 Å². The summed E-state index contributed by atoms with van der Waals surface area (Å²) in [5.41, 5.74) is 2.48. The predicted molar refractivity (Wildman–Crippen MR) is 163 cm³/mol. The Labute approximate surface area is 248 Å². The molecular weight excluding hydrogens is 532 g/mol. The fraction of sp³-hybridized carbons (Fsp3) is 0.562. The Morgan fingerprint density at radius 1 is 0.976 bits per heavy atom. The third-order valence-electron chi connectivity index (χ3n) is 8.79. The number of hydrogen-bond acceptors (Lipinski definition) is 7. The molecule has 1 aliphatic carbocycles. The van der Waals surface area contributed by atoms with Crippen molar-refractivity contribution in [1.29, 1.82) is 0 Å². The highest BCUT2D eigenvalue weighted by Gasteiger charge is 2.27. The van der Waals surface area contributed by atoms with E-state index in [0.717, 1.165) is 83.0 Å². The second-order valence-corrected chi connectivity index (χ2v) is 11.9. The molecule has 10 nitrogen and oxygen atoms in total. The monoisotopic (exact) mass is 576 g/mol. The van der Waals surface area contributed by atoms with Gasteiger partial charge in [0.25, 0.3) is 5.91 Å². The van der Waals surface area contributed by atoms with Gasteiger partial charge in [0.2, 0.25) is 11.8 Å². The van der Waals surface area contributed by atoms with Gasteiger partial charge in [0, 0.05) is 88.6 Å². The summed E-state index contributed by atoms with van der Waals surface area (Å²) in [6.45, 7) is 5.96. The van der Waals surface area contributed by atoms with Crippen LogP contribution in [0.25, 0.3) is 0 Å². The smallest absolute Gasteiger partial charge is 0.251 e. The molecule has 1 saturated carbocycles. The van der Waals surface area contributed by atoms with Crippen molar-refractivity contribution < 1.29 is 19.1 Å². The van der Waals surface area contributed by atoms with Gasteiger partial charge in [-0.05, 0) is 74.9 Å². The first kappa shape index (κ1) is 29.8. The van der Waals surface area contributed by atoms with Crippen molar-refractivity contribution in [3.63, 3.8) is 0 Å². The van der Waals surface area contributed by atoms with Crippen molar-refractivity contribution in [1.82, 2.24) is 20.1 Å². The van der Waals surface area contributed by atoms with Crippen molar-refractivity contribution in [2.45, 2.75) is 57.4 Å². The number of carbonyl (C=O) groups excluding carboxylic acids is 3. The van der Waals surface area contributed by atoms with Crippen LogP contribution in [0.4, 0.5) is 11.5 Å². The lowest BCUT2D eigenvalue weighted by Gasteiger charge is -2.37. The summed E-state index contributed by atoms with van der Waals surface area (Å²) in [5.74, 6) is 2.33. The Bertz CT molecular complexity index is 1230. The molecule has 1 aromatic carbocycles. The molecule has 1 saturated heterocycles.